The van der Waals surface area contributed by atoms with Crippen LogP contribution in [0.25, 0.3) is 0 Å². The topological polar surface area (TPSA) is 98.7 Å². The third-order valence-electron chi connectivity index (χ3n) is 3.32. The number of hydrogen-bond donors (Lipinski definition) is 3. The molecule has 0 spiro atoms. The molecule has 0 aromatic heterocycles. The lowest BCUT2D eigenvalue weighted by Crippen LogP contribution is -2.40. The van der Waals surface area contributed by atoms with E-state index < -0.39 is 17.9 Å². The van der Waals surface area contributed by atoms with Crippen LogP contribution in [0.15, 0.2) is 30.3 Å². The van der Waals surface area contributed by atoms with E-state index in [4.69, 9.17) is 5.11 Å². The van der Waals surface area contributed by atoms with Gasteiger partial charge >= 0.3 is 12.0 Å². The summed E-state index contributed by atoms with van der Waals surface area (Å²) in [6, 6.07) is 8.41. The Kier molecular flexibility index (Phi) is 4.76. The maximum atomic E-state index is 11.9. The predicted octanol–water partition coefficient (Wildman–Crippen LogP) is 0.741. The number of para-hydroxylation sites is 1. The zero-order chi connectivity index (χ0) is 15.2. The Morgan fingerprint density at radius 1 is 1.24 bits per heavy atom. The lowest BCUT2D eigenvalue weighted by molar-refractivity contribution is -0.141. The van der Waals surface area contributed by atoms with Crippen LogP contribution in [0.4, 0.5) is 10.5 Å². The lowest BCUT2D eigenvalue weighted by atomic mass is 10.1. The second-order valence-electron chi connectivity index (χ2n) is 4.84. The number of anilines is 1. The molecule has 1 atom stereocenters. The molecule has 7 nitrogen and oxygen atoms in total. The van der Waals surface area contributed by atoms with Crippen LogP contribution in [0.1, 0.15) is 6.42 Å². The Morgan fingerprint density at radius 3 is 2.57 bits per heavy atom. The highest BCUT2D eigenvalue weighted by atomic mass is 16.4. The van der Waals surface area contributed by atoms with Gasteiger partial charge in [-0.2, -0.15) is 0 Å². The molecule has 0 bridgehead atoms. The van der Waals surface area contributed by atoms with E-state index in [0.717, 1.165) is 0 Å². The molecule has 1 fully saturated rings. The van der Waals surface area contributed by atoms with Gasteiger partial charge in [0.1, 0.15) is 0 Å². The van der Waals surface area contributed by atoms with Crippen molar-refractivity contribution in [2.24, 2.45) is 5.92 Å². The molecular formula is C14H17N3O4. The average Bonchev–Trinajstić information content (AvgIpc) is 2.96. The van der Waals surface area contributed by atoms with Crippen molar-refractivity contribution in [1.82, 2.24) is 10.2 Å². The van der Waals surface area contributed by atoms with Gasteiger partial charge in [-0.3, -0.25) is 9.59 Å². The van der Waals surface area contributed by atoms with Crippen molar-refractivity contribution >= 4 is 23.6 Å². The minimum Gasteiger partial charge on any atom is -0.481 e. The highest BCUT2D eigenvalue weighted by molar-refractivity contribution is 5.92. The summed E-state index contributed by atoms with van der Waals surface area (Å²) in [7, 11) is 0. The summed E-state index contributed by atoms with van der Waals surface area (Å²) in [5.41, 5.74) is 0.634. The molecule has 2 rings (SSSR count). The fourth-order valence-electron chi connectivity index (χ4n) is 2.15. The Labute approximate surface area is 121 Å². The molecular weight excluding hydrogens is 274 g/mol. The average molecular weight is 291 g/mol. The Bertz CT molecular complexity index is 532. The van der Waals surface area contributed by atoms with Gasteiger partial charge in [-0.25, -0.2) is 4.79 Å². The largest absolute Gasteiger partial charge is 0.481 e. The maximum Gasteiger partial charge on any atom is 0.319 e. The van der Waals surface area contributed by atoms with Crippen molar-refractivity contribution in [3.05, 3.63) is 30.3 Å². The second-order valence-corrected chi connectivity index (χ2v) is 4.84. The van der Waals surface area contributed by atoms with Crippen molar-refractivity contribution in [2.45, 2.75) is 6.42 Å². The van der Waals surface area contributed by atoms with Crippen molar-refractivity contribution in [1.29, 1.82) is 0 Å². The van der Waals surface area contributed by atoms with Gasteiger partial charge in [-0.05, 0) is 18.6 Å². The molecule has 0 radical (unpaired) electrons. The smallest absolute Gasteiger partial charge is 0.319 e. The van der Waals surface area contributed by atoms with Gasteiger partial charge in [-0.1, -0.05) is 18.2 Å². The first-order valence-electron chi connectivity index (χ1n) is 6.67. The number of rotatable bonds is 4. The Hall–Kier alpha value is -2.57. The minimum absolute atomic E-state index is 0.148. The SMILES string of the molecule is O=C(NCC(=O)N1CCC(C(=O)O)C1)Nc1ccccc1. The summed E-state index contributed by atoms with van der Waals surface area (Å²) in [5, 5.41) is 13.9. The van der Waals surface area contributed by atoms with Crippen molar-refractivity contribution in [3.8, 4) is 0 Å². The molecule has 21 heavy (non-hydrogen) atoms. The number of carboxylic acid groups (broad SMARTS) is 1. The zero-order valence-corrected chi connectivity index (χ0v) is 11.4. The van der Waals surface area contributed by atoms with E-state index in [1.165, 1.54) is 4.90 Å². The van der Waals surface area contributed by atoms with E-state index in [1.54, 1.807) is 24.3 Å². The number of carbonyl (C=O) groups excluding carboxylic acids is 2. The van der Waals surface area contributed by atoms with Gasteiger partial charge in [0, 0.05) is 18.8 Å². The Morgan fingerprint density at radius 2 is 1.95 bits per heavy atom. The van der Waals surface area contributed by atoms with Gasteiger partial charge in [-0.15, -0.1) is 0 Å². The number of carbonyl (C=O) groups is 3. The van der Waals surface area contributed by atoms with Gasteiger partial charge in [0.25, 0.3) is 0 Å². The minimum atomic E-state index is -0.889. The number of nitrogens with one attached hydrogen (secondary N) is 2. The maximum absolute atomic E-state index is 11.9. The number of hydrogen-bond acceptors (Lipinski definition) is 3. The van der Waals surface area contributed by atoms with Crippen LogP contribution in [-0.2, 0) is 9.59 Å². The number of aliphatic carboxylic acids is 1. The number of benzene rings is 1. The van der Waals surface area contributed by atoms with E-state index >= 15 is 0 Å². The molecule has 3 amide bonds. The van der Waals surface area contributed by atoms with Gasteiger partial charge in [0.15, 0.2) is 0 Å². The van der Waals surface area contributed by atoms with Crippen molar-refractivity contribution in [2.75, 3.05) is 25.0 Å². The number of amides is 3. The van der Waals surface area contributed by atoms with E-state index in [2.05, 4.69) is 10.6 Å². The number of nitrogens with zero attached hydrogens (tertiary/aromatic N) is 1. The molecule has 1 aromatic rings. The van der Waals surface area contributed by atoms with Crippen molar-refractivity contribution in [3.63, 3.8) is 0 Å². The molecule has 3 N–H and O–H groups in total. The molecule has 7 heteroatoms. The molecule has 1 aromatic carbocycles. The third kappa shape index (κ3) is 4.20. The number of carboxylic acids is 1. The van der Waals surface area contributed by atoms with Crippen LogP contribution in [0.2, 0.25) is 0 Å². The second kappa shape index (κ2) is 6.74. The standard InChI is InChI=1S/C14H17N3O4/c18-12(17-7-6-10(9-17)13(19)20)8-15-14(21)16-11-4-2-1-3-5-11/h1-5,10H,6-9H2,(H,19,20)(H2,15,16,21). The summed E-state index contributed by atoms with van der Waals surface area (Å²) in [5.74, 6) is -1.67. The van der Waals surface area contributed by atoms with Crippen LogP contribution < -0.4 is 10.6 Å². The fraction of sp³-hybridized carbons (Fsp3) is 0.357. The molecule has 112 valence electrons. The van der Waals surface area contributed by atoms with Crippen molar-refractivity contribution < 1.29 is 19.5 Å². The molecule has 0 saturated carbocycles. The molecule has 1 saturated heterocycles. The molecule has 1 aliphatic rings. The summed E-state index contributed by atoms with van der Waals surface area (Å²) in [6.45, 7) is 0.471. The van der Waals surface area contributed by atoms with E-state index in [9.17, 15) is 14.4 Å². The van der Waals surface area contributed by atoms with Crippen LogP contribution in [0.5, 0.6) is 0 Å². The van der Waals surface area contributed by atoms with Gasteiger partial charge in [0.05, 0.1) is 12.5 Å². The predicted molar refractivity (Wildman–Crippen MR) is 75.8 cm³/mol. The summed E-state index contributed by atoms with van der Waals surface area (Å²) in [6.07, 6.45) is 0.456. The number of likely N-dealkylation sites (tertiary alicyclic amines) is 1. The molecule has 0 aliphatic carbocycles. The quantitative estimate of drug-likeness (QED) is 0.762. The van der Waals surface area contributed by atoms with Crippen LogP contribution >= 0.6 is 0 Å². The monoisotopic (exact) mass is 291 g/mol. The third-order valence-corrected chi connectivity index (χ3v) is 3.32. The number of urea groups is 1. The van der Waals surface area contributed by atoms with Gasteiger partial charge in [0.2, 0.25) is 5.91 Å². The van der Waals surface area contributed by atoms with E-state index in [1.807, 2.05) is 6.07 Å². The highest BCUT2D eigenvalue weighted by Gasteiger charge is 2.30. The van der Waals surface area contributed by atoms with Crippen LogP contribution in [0, 0.1) is 5.92 Å². The molecule has 1 heterocycles. The zero-order valence-electron chi connectivity index (χ0n) is 11.4. The van der Waals surface area contributed by atoms with Crippen LogP contribution in [0.3, 0.4) is 0 Å². The molecule has 1 aliphatic heterocycles. The lowest BCUT2D eigenvalue weighted by Gasteiger charge is -2.16. The summed E-state index contributed by atoms with van der Waals surface area (Å²) in [4.78, 5) is 35.8. The fourth-order valence-corrected chi connectivity index (χ4v) is 2.15. The summed E-state index contributed by atoms with van der Waals surface area (Å²) < 4.78 is 0. The first-order chi connectivity index (χ1) is 10.1. The normalized spacial score (nSPS) is 17.3. The van der Waals surface area contributed by atoms with E-state index in [-0.39, 0.29) is 19.0 Å². The van der Waals surface area contributed by atoms with Gasteiger partial charge < -0.3 is 20.6 Å². The Balaban J connectivity index is 1.74. The van der Waals surface area contributed by atoms with Crippen LogP contribution in [-0.4, -0.2) is 47.5 Å². The first kappa shape index (κ1) is 14.8. The molecule has 1 unspecified atom stereocenters. The summed E-state index contributed by atoms with van der Waals surface area (Å²) >= 11 is 0. The van der Waals surface area contributed by atoms with E-state index in [0.29, 0.717) is 18.7 Å². The highest BCUT2D eigenvalue weighted by Crippen LogP contribution is 2.16. The first-order valence-corrected chi connectivity index (χ1v) is 6.67.